The monoisotopic (exact) mass is 490 g/mol. The number of nitro groups is 1. The van der Waals surface area contributed by atoms with E-state index in [0.717, 1.165) is 11.3 Å². The molecule has 0 atom stereocenters. The molecule has 1 heterocycles. The second kappa shape index (κ2) is 11.2. The Labute approximate surface area is 205 Å². The van der Waals surface area contributed by atoms with Crippen molar-refractivity contribution in [3.05, 3.63) is 100 Å². The van der Waals surface area contributed by atoms with Crippen LogP contribution in [0.2, 0.25) is 0 Å². The Morgan fingerprint density at radius 1 is 1.06 bits per heavy atom. The van der Waals surface area contributed by atoms with Gasteiger partial charge in [0.05, 0.1) is 18.6 Å². The number of carbonyl (C=O) groups is 1. The number of nitrogens with zero attached hydrogens (tertiary/aromatic N) is 4. The summed E-state index contributed by atoms with van der Waals surface area (Å²) in [6, 6.07) is 22.5. The Kier molecular flexibility index (Phi) is 7.58. The van der Waals surface area contributed by atoms with E-state index in [1.54, 1.807) is 35.9 Å². The Bertz CT molecular complexity index is 1310. The molecule has 4 rings (SSSR count). The molecule has 10 nitrogen and oxygen atoms in total. The molecule has 0 aliphatic heterocycles. The minimum absolute atomic E-state index is 0.0191. The van der Waals surface area contributed by atoms with Gasteiger partial charge in [-0.2, -0.15) is 0 Å². The summed E-state index contributed by atoms with van der Waals surface area (Å²) >= 11 is 1.45. The lowest BCUT2D eigenvalue weighted by molar-refractivity contribution is -0.384. The first kappa shape index (κ1) is 23.8. The normalized spacial score (nSPS) is 10.5. The van der Waals surface area contributed by atoms with Gasteiger partial charge in [-0.1, -0.05) is 42.1 Å². The highest BCUT2D eigenvalue weighted by atomic mass is 32.2. The highest BCUT2D eigenvalue weighted by Crippen LogP contribution is 2.27. The van der Waals surface area contributed by atoms with E-state index in [0.29, 0.717) is 28.1 Å². The van der Waals surface area contributed by atoms with Crippen LogP contribution in [0.5, 0.6) is 5.75 Å². The molecule has 178 valence electrons. The van der Waals surface area contributed by atoms with Gasteiger partial charge in [0.25, 0.3) is 5.69 Å². The highest BCUT2D eigenvalue weighted by Gasteiger charge is 2.17. The predicted octanol–water partition coefficient (Wildman–Crippen LogP) is 4.80. The van der Waals surface area contributed by atoms with E-state index in [-0.39, 0.29) is 18.3 Å². The van der Waals surface area contributed by atoms with Gasteiger partial charge in [-0.3, -0.25) is 14.7 Å². The number of hydrogen-bond acceptors (Lipinski definition) is 7. The number of para-hydroxylation sites is 1. The number of aromatic nitrogens is 3. The summed E-state index contributed by atoms with van der Waals surface area (Å²) in [7, 11) is 1.62. The third-order valence-electron chi connectivity index (χ3n) is 4.96. The van der Waals surface area contributed by atoms with Crippen molar-refractivity contribution >= 4 is 29.2 Å². The molecule has 0 unspecified atom stereocenters. The smallest absolute Gasteiger partial charge is 0.319 e. The number of rotatable bonds is 9. The van der Waals surface area contributed by atoms with E-state index in [1.165, 1.54) is 23.9 Å². The van der Waals surface area contributed by atoms with Crippen LogP contribution in [0.25, 0.3) is 5.69 Å². The first-order valence-electron chi connectivity index (χ1n) is 10.6. The van der Waals surface area contributed by atoms with Crippen molar-refractivity contribution in [1.82, 2.24) is 20.1 Å². The minimum Gasteiger partial charge on any atom is -0.497 e. The minimum atomic E-state index is -0.454. The molecule has 4 aromatic rings. The molecular formula is C24H22N6O4S. The number of nitrogens with one attached hydrogen (secondary N) is 2. The maximum atomic E-state index is 12.4. The zero-order valence-electron chi connectivity index (χ0n) is 18.7. The number of thioether (sulfide) groups is 1. The number of carbonyl (C=O) groups excluding carboxylic acids is 1. The number of ether oxygens (including phenoxy) is 1. The molecule has 35 heavy (non-hydrogen) atoms. The maximum absolute atomic E-state index is 12.4. The molecule has 0 saturated carbocycles. The number of methoxy groups -OCH3 is 1. The Balaban J connectivity index is 1.55. The second-order valence-electron chi connectivity index (χ2n) is 7.32. The molecule has 0 fully saturated rings. The van der Waals surface area contributed by atoms with Crippen molar-refractivity contribution in [2.75, 3.05) is 12.4 Å². The molecule has 11 heteroatoms. The fourth-order valence-corrected chi connectivity index (χ4v) is 4.17. The molecular weight excluding hydrogens is 468 g/mol. The second-order valence-corrected chi connectivity index (χ2v) is 8.26. The van der Waals surface area contributed by atoms with Crippen LogP contribution < -0.4 is 15.4 Å². The van der Waals surface area contributed by atoms with Gasteiger partial charge < -0.3 is 15.4 Å². The van der Waals surface area contributed by atoms with Crippen molar-refractivity contribution in [1.29, 1.82) is 0 Å². The Morgan fingerprint density at radius 3 is 2.54 bits per heavy atom. The Morgan fingerprint density at radius 2 is 1.83 bits per heavy atom. The molecule has 0 aliphatic carbocycles. The summed E-state index contributed by atoms with van der Waals surface area (Å²) in [5.41, 5.74) is 2.33. The average Bonchev–Trinajstić information content (AvgIpc) is 3.29. The quantitative estimate of drug-likeness (QED) is 0.196. The van der Waals surface area contributed by atoms with E-state index >= 15 is 0 Å². The Hall–Kier alpha value is -4.38. The van der Waals surface area contributed by atoms with E-state index < -0.39 is 4.92 Å². The lowest BCUT2D eigenvalue weighted by atomic mass is 10.2. The van der Waals surface area contributed by atoms with Gasteiger partial charge in [0.2, 0.25) is 0 Å². The SMILES string of the molecule is COc1cccc(CSc2nnc(CNC(=O)Nc3ccccc3)n2-c2ccc([N+](=O)[O-])cc2)c1. The topological polar surface area (TPSA) is 124 Å². The van der Waals surface area contributed by atoms with Crippen LogP contribution in [0.15, 0.2) is 84.0 Å². The molecule has 0 spiro atoms. The van der Waals surface area contributed by atoms with Gasteiger partial charge in [0, 0.05) is 29.3 Å². The number of benzene rings is 3. The fourth-order valence-electron chi connectivity index (χ4n) is 3.26. The van der Waals surface area contributed by atoms with E-state index in [4.69, 9.17) is 4.74 Å². The molecule has 1 aromatic heterocycles. The molecule has 0 aliphatic rings. The summed E-state index contributed by atoms with van der Waals surface area (Å²) < 4.78 is 7.06. The number of hydrogen-bond donors (Lipinski definition) is 2. The van der Waals surface area contributed by atoms with Crippen LogP contribution in [0.1, 0.15) is 11.4 Å². The average molecular weight is 491 g/mol. The summed E-state index contributed by atoms with van der Waals surface area (Å²) in [4.78, 5) is 23.0. The highest BCUT2D eigenvalue weighted by molar-refractivity contribution is 7.98. The fraction of sp³-hybridized carbons (Fsp3) is 0.125. The lowest BCUT2D eigenvalue weighted by Gasteiger charge is -2.12. The largest absolute Gasteiger partial charge is 0.497 e. The van der Waals surface area contributed by atoms with Crippen molar-refractivity contribution in [3.63, 3.8) is 0 Å². The number of amides is 2. The first-order valence-corrected chi connectivity index (χ1v) is 11.6. The van der Waals surface area contributed by atoms with Gasteiger partial charge in [-0.25, -0.2) is 4.79 Å². The molecule has 2 N–H and O–H groups in total. The van der Waals surface area contributed by atoms with Gasteiger partial charge in [0.15, 0.2) is 11.0 Å². The van der Waals surface area contributed by atoms with Gasteiger partial charge in [0.1, 0.15) is 5.75 Å². The molecule has 0 saturated heterocycles. The number of nitro benzene ring substituents is 1. The number of anilines is 1. The standard InChI is InChI=1S/C24H22N6O4S/c1-34-21-9-5-6-17(14-21)16-35-24-28-27-22(15-25-23(31)26-18-7-3-2-4-8-18)29(24)19-10-12-20(13-11-19)30(32)33/h2-14H,15-16H2,1H3,(H2,25,26,31). The van der Waals surface area contributed by atoms with Crippen LogP contribution in [0.3, 0.4) is 0 Å². The van der Waals surface area contributed by atoms with Crippen LogP contribution in [0, 0.1) is 10.1 Å². The van der Waals surface area contributed by atoms with Crippen LogP contribution in [0.4, 0.5) is 16.2 Å². The zero-order chi connectivity index (χ0) is 24.6. The van der Waals surface area contributed by atoms with Crippen LogP contribution >= 0.6 is 11.8 Å². The first-order chi connectivity index (χ1) is 17.0. The van der Waals surface area contributed by atoms with Gasteiger partial charge >= 0.3 is 6.03 Å². The van der Waals surface area contributed by atoms with Crippen molar-refractivity contribution < 1.29 is 14.5 Å². The summed E-state index contributed by atoms with van der Waals surface area (Å²) in [6.45, 7) is 0.0996. The third-order valence-corrected chi connectivity index (χ3v) is 5.96. The van der Waals surface area contributed by atoms with E-state index in [2.05, 4.69) is 20.8 Å². The van der Waals surface area contributed by atoms with E-state index in [1.807, 2.05) is 42.5 Å². The number of urea groups is 1. The van der Waals surface area contributed by atoms with Gasteiger partial charge in [-0.15, -0.1) is 10.2 Å². The lowest BCUT2D eigenvalue weighted by Crippen LogP contribution is -2.29. The van der Waals surface area contributed by atoms with Crippen molar-refractivity contribution in [2.45, 2.75) is 17.5 Å². The van der Waals surface area contributed by atoms with Gasteiger partial charge in [-0.05, 0) is 42.0 Å². The molecule has 3 aromatic carbocycles. The summed E-state index contributed by atoms with van der Waals surface area (Å²) in [6.07, 6.45) is 0. The summed E-state index contributed by atoms with van der Waals surface area (Å²) in [5, 5.41) is 25.8. The molecule has 2 amide bonds. The van der Waals surface area contributed by atoms with Crippen molar-refractivity contribution in [2.24, 2.45) is 0 Å². The van der Waals surface area contributed by atoms with Crippen molar-refractivity contribution in [3.8, 4) is 11.4 Å². The molecule has 0 radical (unpaired) electrons. The van der Waals surface area contributed by atoms with Crippen LogP contribution in [-0.2, 0) is 12.3 Å². The van der Waals surface area contributed by atoms with Crippen LogP contribution in [-0.4, -0.2) is 32.8 Å². The van der Waals surface area contributed by atoms with E-state index in [9.17, 15) is 14.9 Å². The maximum Gasteiger partial charge on any atom is 0.319 e. The molecule has 0 bridgehead atoms. The predicted molar refractivity (Wildman–Crippen MR) is 133 cm³/mol. The zero-order valence-corrected chi connectivity index (χ0v) is 19.6. The third kappa shape index (κ3) is 6.15. The number of non-ortho nitro benzene ring substituents is 1. The summed E-state index contributed by atoms with van der Waals surface area (Å²) in [5.74, 6) is 1.84.